The van der Waals surface area contributed by atoms with Crippen molar-refractivity contribution in [2.75, 3.05) is 39.3 Å². The summed E-state index contributed by atoms with van der Waals surface area (Å²) in [6, 6.07) is 0. The molecule has 0 aliphatic carbocycles. The van der Waals surface area contributed by atoms with Crippen molar-refractivity contribution in [1.29, 1.82) is 0 Å². The standard InChI is InChI=1S/C12H13F12N3O8S3/c13-8(14,15)6-35-7(28)5-26-1-3-27(4-2-26)38(33,34)11(20,21)9(16,17)10(18,19)36(29,30)25-37(31,32)12(22,23)24/h25H,1-6H2. The second-order valence-electron chi connectivity index (χ2n) is 7.10. The van der Waals surface area contributed by atoms with Gasteiger partial charge in [0.2, 0.25) is 0 Å². The Bertz CT molecular complexity index is 1210. The lowest BCUT2D eigenvalue weighted by Crippen LogP contribution is -2.66. The Labute approximate surface area is 204 Å². The lowest BCUT2D eigenvalue weighted by molar-refractivity contribution is -0.245. The number of nitrogens with one attached hydrogen (secondary N) is 1. The SMILES string of the molecule is O=C(CN1CCN(S(=O)(=O)C(F)(F)C(F)(F)C(F)(F)S(=O)(=O)NS(=O)(=O)C(F)(F)F)CC1)OCC(F)(F)F. The van der Waals surface area contributed by atoms with Crippen LogP contribution in [0.25, 0.3) is 0 Å². The number of piperazine rings is 1. The summed E-state index contributed by atoms with van der Waals surface area (Å²) in [7, 11) is -22.3. The monoisotopic (exact) mass is 651 g/mol. The van der Waals surface area contributed by atoms with Crippen LogP contribution in [-0.4, -0.2) is 108 Å². The molecule has 0 radical (unpaired) electrons. The minimum absolute atomic E-state index is 0.610. The molecular weight excluding hydrogens is 638 g/mol. The fraction of sp³-hybridized carbons (Fsp3) is 0.917. The van der Waals surface area contributed by atoms with Crippen molar-refractivity contribution >= 4 is 36.0 Å². The first-order chi connectivity index (χ1) is 16.5. The molecule has 11 nitrogen and oxygen atoms in total. The Balaban J connectivity index is 3.14. The fourth-order valence-electron chi connectivity index (χ4n) is 2.42. The summed E-state index contributed by atoms with van der Waals surface area (Å²) < 4.78 is 228. The molecule has 1 N–H and O–H groups in total. The molecule has 26 heteroatoms. The molecule has 0 aromatic carbocycles. The Morgan fingerprint density at radius 1 is 0.711 bits per heavy atom. The van der Waals surface area contributed by atoms with Crippen LogP contribution in [-0.2, 0) is 39.6 Å². The highest BCUT2D eigenvalue weighted by molar-refractivity contribution is 8.05. The quantitative estimate of drug-likeness (QED) is 0.266. The number of hydrogen-bond donors (Lipinski definition) is 1. The van der Waals surface area contributed by atoms with E-state index in [9.17, 15) is 82.7 Å². The average Bonchev–Trinajstić information content (AvgIpc) is 2.70. The summed E-state index contributed by atoms with van der Waals surface area (Å²) >= 11 is 0. The van der Waals surface area contributed by atoms with E-state index in [0.29, 0.717) is 0 Å². The summed E-state index contributed by atoms with van der Waals surface area (Å²) in [4.78, 5) is 12.1. The number of ether oxygens (including phenoxy) is 1. The van der Waals surface area contributed by atoms with Gasteiger partial charge in [-0.2, -0.15) is 57.0 Å². The fourth-order valence-corrected chi connectivity index (χ4v) is 6.33. The predicted molar refractivity (Wildman–Crippen MR) is 95.8 cm³/mol. The largest absolute Gasteiger partial charge is 0.512 e. The number of sulfonamides is 3. The molecule has 1 aliphatic heterocycles. The molecule has 1 fully saturated rings. The van der Waals surface area contributed by atoms with Crippen molar-refractivity contribution in [3.8, 4) is 0 Å². The third kappa shape index (κ3) is 6.73. The van der Waals surface area contributed by atoms with Gasteiger partial charge in [-0.1, -0.05) is 4.13 Å². The second-order valence-corrected chi connectivity index (χ2v) is 12.7. The molecule has 0 aromatic rings. The highest BCUT2D eigenvalue weighted by Gasteiger charge is 2.83. The Morgan fingerprint density at radius 3 is 1.55 bits per heavy atom. The van der Waals surface area contributed by atoms with E-state index in [1.54, 1.807) is 0 Å². The third-order valence-electron chi connectivity index (χ3n) is 4.34. The number of carbonyl (C=O) groups excluding carboxylic acids is 1. The van der Waals surface area contributed by atoms with Gasteiger partial charge in [-0.05, 0) is 0 Å². The van der Waals surface area contributed by atoms with Crippen molar-refractivity contribution in [2.45, 2.75) is 28.1 Å². The number of alkyl halides is 12. The van der Waals surface area contributed by atoms with Crippen molar-refractivity contribution in [2.24, 2.45) is 0 Å². The number of halogens is 12. The van der Waals surface area contributed by atoms with Gasteiger partial charge in [0.05, 0.1) is 6.54 Å². The molecule has 1 rings (SSSR count). The summed E-state index contributed by atoms with van der Waals surface area (Å²) in [5.41, 5.74) is -6.71. The summed E-state index contributed by atoms with van der Waals surface area (Å²) in [6.45, 7) is -7.35. The number of carbonyl (C=O) groups is 1. The van der Waals surface area contributed by atoms with E-state index in [1.807, 2.05) is 0 Å². The van der Waals surface area contributed by atoms with Crippen LogP contribution >= 0.6 is 0 Å². The predicted octanol–water partition coefficient (Wildman–Crippen LogP) is 0.629. The van der Waals surface area contributed by atoms with E-state index < -0.39 is 112 Å². The van der Waals surface area contributed by atoms with Crippen molar-refractivity contribution in [3.05, 3.63) is 0 Å². The van der Waals surface area contributed by atoms with Gasteiger partial charge in [0, 0.05) is 26.2 Å². The zero-order valence-corrected chi connectivity index (χ0v) is 20.1. The first-order valence-electron chi connectivity index (χ1n) is 8.96. The summed E-state index contributed by atoms with van der Waals surface area (Å²) in [5.74, 6) is -9.13. The molecule has 0 saturated carbocycles. The smallest absolute Gasteiger partial charge is 0.455 e. The van der Waals surface area contributed by atoms with E-state index in [4.69, 9.17) is 0 Å². The van der Waals surface area contributed by atoms with Gasteiger partial charge in [-0.25, -0.2) is 25.3 Å². The van der Waals surface area contributed by atoms with Gasteiger partial charge in [0.25, 0.3) is 20.0 Å². The molecule has 0 spiro atoms. The van der Waals surface area contributed by atoms with Crippen LogP contribution in [0, 0.1) is 0 Å². The lowest BCUT2D eigenvalue weighted by Gasteiger charge is -2.38. The van der Waals surface area contributed by atoms with Crippen molar-refractivity contribution < 1.29 is 87.5 Å². The number of rotatable bonds is 10. The molecule has 38 heavy (non-hydrogen) atoms. The van der Waals surface area contributed by atoms with Gasteiger partial charge >= 0.3 is 44.1 Å². The Kier molecular flexibility index (Phi) is 9.41. The van der Waals surface area contributed by atoms with Crippen molar-refractivity contribution in [1.82, 2.24) is 13.3 Å². The van der Waals surface area contributed by atoms with Crippen LogP contribution in [0.1, 0.15) is 0 Å². The molecule has 1 saturated heterocycles. The number of esters is 1. The molecule has 0 aromatic heterocycles. The van der Waals surface area contributed by atoms with E-state index >= 15 is 0 Å². The number of hydrogen-bond acceptors (Lipinski definition) is 9. The lowest BCUT2D eigenvalue weighted by atomic mass is 10.3. The van der Waals surface area contributed by atoms with E-state index in [1.165, 1.54) is 0 Å². The molecule has 1 aliphatic rings. The minimum atomic E-state index is -7.91. The van der Waals surface area contributed by atoms with Gasteiger partial charge < -0.3 is 4.74 Å². The summed E-state index contributed by atoms with van der Waals surface area (Å²) in [6.07, 6.45) is -4.93. The molecule has 1 heterocycles. The van der Waals surface area contributed by atoms with Gasteiger partial charge in [0.1, 0.15) is 0 Å². The first kappa shape index (κ1) is 34.4. The first-order valence-corrected chi connectivity index (χ1v) is 13.4. The average molecular weight is 651 g/mol. The maximum Gasteiger partial charge on any atom is 0.512 e. The molecular formula is C12H13F12N3O8S3. The van der Waals surface area contributed by atoms with Crippen LogP contribution in [0.2, 0.25) is 0 Å². The molecule has 0 unspecified atom stereocenters. The van der Waals surface area contributed by atoms with Crippen LogP contribution < -0.4 is 4.13 Å². The molecule has 0 atom stereocenters. The maximum absolute atomic E-state index is 14.3. The topological polar surface area (TPSA) is 147 Å². The highest BCUT2D eigenvalue weighted by atomic mass is 32.3. The number of nitrogens with zero attached hydrogens (tertiary/aromatic N) is 2. The van der Waals surface area contributed by atoms with E-state index in [-0.39, 0.29) is 0 Å². The van der Waals surface area contributed by atoms with Crippen LogP contribution in [0.3, 0.4) is 0 Å². The van der Waals surface area contributed by atoms with E-state index in [0.717, 1.165) is 4.90 Å². The van der Waals surface area contributed by atoms with Crippen LogP contribution in [0.5, 0.6) is 0 Å². The van der Waals surface area contributed by atoms with Gasteiger partial charge in [-0.3, -0.25) is 9.69 Å². The Morgan fingerprint density at radius 2 is 1.16 bits per heavy atom. The maximum atomic E-state index is 14.3. The Hall–Kier alpha value is -1.64. The second kappa shape index (κ2) is 10.4. The third-order valence-corrected chi connectivity index (χ3v) is 9.58. The van der Waals surface area contributed by atoms with Gasteiger partial charge in [-0.15, -0.1) is 0 Å². The highest BCUT2D eigenvalue weighted by Crippen LogP contribution is 2.51. The van der Waals surface area contributed by atoms with Crippen molar-refractivity contribution in [3.63, 3.8) is 0 Å². The normalized spacial score (nSPS) is 18.4. The molecule has 0 bridgehead atoms. The zero-order valence-electron chi connectivity index (χ0n) is 17.7. The van der Waals surface area contributed by atoms with Crippen LogP contribution in [0.4, 0.5) is 52.7 Å². The summed E-state index contributed by atoms with van der Waals surface area (Å²) in [5, 5.41) is -14.6. The molecule has 226 valence electrons. The minimum Gasteiger partial charge on any atom is -0.455 e. The zero-order chi connectivity index (χ0) is 30.4. The molecule has 0 amide bonds. The van der Waals surface area contributed by atoms with Crippen LogP contribution in [0.15, 0.2) is 0 Å². The van der Waals surface area contributed by atoms with Gasteiger partial charge in [0.15, 0.2) is 6.61 Å². The van der Waals surface area contributed by atoms with E-state index in [2.05, 4.69) is 4.74 Å².